The zero-order chi connectivity index (χ0) is 16.6. The summed E-state index contributed by atoms with van der Waals surface area (Å²) in [5.41, 5.74) is 0. The first kappa shape index (κ1) is 20.5. The molecular formula is C20H40N2O. The van der Waals surface area contributed by atoms with Gasteiger partial charge in [0.15, 0.2) is 0 Å². The summed E-state index contributed by atoms with van der Waals surface area (Å²) in [6.07, 6.45) is 18.0. The second-order valence-electron chi connectivity index (χ2n) is 7.18. The molecule has 0 aromatic heterocycles. The normalized spacial score (nSPS) is 15.7. The van der Waals surface area contributed by atoms with Crippen LogP contribution in [0, 0.1) is 0 Å². The molecule has 1 aliphatic heterocycles. The van der Waals surface area contributed by atoms with Gasteiger partial charge in [0.1, 0.15) is 0 Å². The summed E-state index contributed by atoms with van der Waals surface area (Å²) >= 11 is 0. The van der Waals surface area contributed by atoms with Gasteiger partial charge >= 0.3 is 0 Å². The monoisotopic (exact) mass is 324 g/mol. The fourth-order valence-electron chi connectivity index (χ4n) is 3.40. The molecule has 1 fully saturated rings. The van der Waals surface area contributed by atoms with Crippen molar-refractivity contribution < 1.29 is 4.79 Å². The maximum Gasteiger partial charge on any atom is 0.220 e. The number of unbranched alkanes of at least 4 members (excludes halogenated alkanes) is 9. The minimum atomic E-state index is 0.251. The van der Waals surface area contributed by atoms with Crippen molar-refractivity contribution >= 4 is 5.91 Å². The predicted molar refractivity (Wildman–Crippen MR) is 99.8 cm³/mol. The topological polar surface area (TPSA) is 32.3 Å². The Kier molecular flexibility index (Phi) is 13.3. The van der Waals surface area contributed by atoms with Crippen LogP contribution in [0.1, 0.15) is 96.8 Å². The minimum absolute atomic E-state index is 0.251. The van der Waals surface area contributed by atoms with Gasteiger partial charge < -0.3 is 10.2 Å². The van der Waals surface area contributed by atoms with E-state index in [-0.39, 0.29) is 5.91 Å². The van der Waals surface area contributed by atoms with E-state index in [1.165, 1.54) is 90.1 Å². The van der Waals surface area contributed by atoms with Gasteiger partial charge in [-0.2, -0.15) is 0 Å². The summed E-state index contributed by atoms with van der Waals surface area (Å²) in [5.74, 6) is 0.251. The number of nitrogens with zero attached hydrogens (tertiary/aromatic N) is 1. The van der Waals surface area contributed by atoms with Gasteiger partial charge in [-0.3, -0.25) is 4.79 Å². The molecule has 1 heterocycles. The van der Waals surface area contributed by atoms with Crippen LogP contribution in [0.15, 0.2) is 0 Å². The highest BCUT2D eigenvalue weighted by Gasteiger charge is 2.09. The Bertz CT molecular complexity index is 275. The number of hydrogen-bond donors (Lipinski definition) is 1. The second-order valence-corrected chi connectivity index (χ2v) is 7.18. The van der Waals surface area contributed by atoms with Crippen LogP contribution in [-0.4, -0.2) is 37.0 Å². The van der Waals surface area contributed by atoms with E-state index in [2.05, 4.69) is 17.1 Å². The summed E-state index contributed by atoms with van der Waals surface area (Å²) in [6, 6.07) is 0. The lowest BCUT2D eigenvalue weighted by molar-refractivity contribution is -0.121. The van der Waals surface area contributed by atoms with E-state index in [9.17, 15) is 4.79 Å². The third-order valence-corrected chi connectivity index (χ3v) is 4.96. The zero-order valence-electron chi connectivity index (χ0n) is 15.6. The second kappa shape index (κ2) is 15.0. The van der Waals surface area contributed by atoms with Gasteiger partial charge in [0.2, 0.25) is 5.91 Å². The molecule has 1 amide bonds. The molecule has 0 aromatic carbocycles. The Morgan fingerprint density at radius 2 is 1.39 bits per heavy atom. The number of carbonyl (C=O) groups is 1. The summed E-state index contributed by atoms with van der Waals surface area (Å²) in [7, 11) is 0. The molecule has 0 atom stereocenters. The van der Waals surface area contributed by atoms with Crippen LogP contribution in [0.2, 0.25) is 0 Å². The summed E-state index contributed by atoms with van der Waals surface area (Å²) in [4.78, 5) is 14.3. The van der Waals surface area contributed by atoms with Crippen LogP contribution in [0.3, 0.4) is 0 Å². The van der Waals surface area contributed by atoms with Crippen LogP contribution in [-0.2, 0) is 4.79 Å². The number of nitrogens with one attached hydrogen (secondary N) is 1. The van der Waals surface area contributed by atoms with Crippen LogP contribution < -0.4 is 5.32 Å². The Morgan fingerprint density at radius 3 is 2.00 bits per heavy atom. The smallest absolute Gasteiger partial charge is 0.220 e. The largest absolute Gasteiger partial charge is 0.355 e. The van der Waals surface area contributed by atoms with E-state index in [0.29, 0.717) is 0 Å². The van der Waals surface area contributed by atoms with Crippen molar-refractivity contribution in [3.8, 4) is 0 Å². The summed E-state index contributed by atoms with van der Waals surface area (Å²) in [6.45, 7) is 6.56. The van der Waals surface area contributed by atoms with Crippen molar-refractivity contribution in [3.05, 3.63) is 0 Å². The van der Waals surface area contributed by atoms with Crippen molar-refractivity contribution in [2.75, 3.05) is 26.2 Å². The average molecular weight is 325 g/mol. The lowest BCUT2D eigenvalue weighted by Crippen LogP contribution is -2.37. The van der Waals surface area contributed by atoms with Crippen molar-refractivity contribution in [1.29, 1.82) is 0 Å². The minimum Gasteiger partial charge on any atom is -0.355 e. The Balaban J connectivity index is 1.79. The van der Waals surface area contributed by atoms with E-state index in [4.69, 9.17) is 0 Å². The van der Waals surface area contributed by atoms with Crippen molar-refractivity contribution in [2.24, 2.45) is 0 Å². The molecule has 1 aliphatic rings. The molecule has 1 saturated heterocycles. The number of carbonyl (C=O) groups excluding carboxylic acids is 1. The van der Waals surface area contributed by atoms with Gasteiger partial charge in [0.05, 0.1) is 0 Å². The molecule has 0 aromatic rings. The van der Waals surface area contributed by atoms with Crippen LogP contribution in [0.4, 0.5) is 0 Å². The number of piperidine rings is 1. The van der Waals surface area contributed by atoms with Crippen LogP contribution >= 0.6 is 0 Å². The number of amides is 1. The molecule has 0 bridgehead atoms. The van der Waals surface area contributed by atoms with Crippen LogP contribution in [0.5, 0.6) is 0 Å². The molecule has 3 heteroatoms. The van der Waals surface area contributed by atoms with E-state index >= 15 is 0 Å². The summed E-state index contributed by atoms with van der Waals surface area (Å²) < 4.78 is 0. The maximum atomic E-state index is 11.8. The molecule has 0 radical (unpaired) electrons. The number of hydrogen-bond acceptors (Lipinski definition) is 2. The fraction of sp³-hybridized carbons (Fsp3) is 0.950. The molecular weight excluding hydrogens is 284 g/mol. The van der Waals surface area contributed by atoms with E-state index in [1.807, 2.05) is 0 Å². The van der Waals surface area contributed by atoms with Gasteiger partial charge in [-0.15, -0.1) is 0 Å². The molecule has 0 aliphatic carbocycles. The highest BCUT2D eigenvalue weighted by atomic mass is 16.1. The number of rotatable bonds is 14. The zero-order valence-corrected chi connectivity index (χ0v) is 15.6. The van der Waals surface area contributed by atoms with Crippen molar-refractivity contribution in [3.63, 3.8) is 0 Å². The lowest BCUT2D eigenvalue weighted by atomic mass is 10.1. The maximum absolute atomic E-state index is 11.8. The molecule has 1 rings (SSSR count). The quantitative estimate of drug-likeness (QED) is 0.461. The van der Waals surface area contributed by atoms with E-state index < -0.39 is 0 Å². The molecule has 3 nitrogen and oxygen atoms in total. The van der Waals surface area contributed by atoms with Crippen molar-refractivity contribution in [2.45, 2.75) is 96.8 Å². The Labute approximate surface area is 144 Å². The average Bonchev–Trinajstić information content (AvgIpc) is 2.57. The van der Waals surface area contributed by atoms with E-state index in [1.54, 1.807) is 0 Å². The summed E-state index contributed by atoms with van der Waals surface area (Å²) in [5, 5.41) is 3.08. The van der Waals surface area contributed by atoms with E-state index in [0.717, 1.165) is 25.9 Å². The molecule has 0 unspecified atom stereocenters. The van der Waals surface area contributed by atoms with Crippen LogP contribution in [0.25, 0.3) is 0 Å². The van der Waals surface area contributed by atoms with Gasteiger partial charge in [-0.1, -0.05) is 71.1 Å². The fourth-order valence-corrected chi connectivity index (χ4v) is 3.40. The third kappa shape index (κ3) is 12.5. The third-order valence-electron chi connectivity index (χ3n) is 4.96. The molecule has 23 heavy (non-hydrogen) atoms. The highest BCUT2D eigenvalue weighted by Crippen LogP contribution is 2.11. The van der Waals surface area contributed by atoms with Gasteiger partial charge in [-0.25, -0.2) is 0 Å². The first-order chi connectivity index (χ1) is 11.3. The molecule has 0 spiro atoms. The highest BCUT2D eigenvalue weighted by molar-refractivity contribution is 5.75. The lowest BCUT2D eigenvalue weighted by Gasteiger charge is -2.26. The first-order valence-corrected chi connectivity index (χ1v) is 10.3. The first-order valence-electron chi connectivity index (χ1n) is 10.3. The van der Waals surface area contributed by atoms with Gasteiger partial charge in [0.25, 0.3) is 0 Å². The predicted octanol–water partition coefficient (Wildman–Crippen LogP) is 4.90. The number of likely N-dealkylation sites (tertiary alicyclic amines) is 1. The molecule has 136 valence electrons. The Morgan fingerprint density at radius 1 is 0.826 bits per heavy atom. The van der Waals surface area contributed by atoms with Gasteiger partial charge in [0, 0.05) is 19.5 Å². The van der Waals surface area contributed by atoms with Gasteiger partial charge in [-0.05, 0) is 32.4 Å². The molecule has 0 saturated carbocycles. The van der Waals surface area contributed by atoms with Crippen molar-refractivity contribution in [1.82, 2.24) is 10.2 Å². The Hall–Kier alpha value is -0.570. The SMILES string of the molecule is CCCCCCCCCCCCC(=O)NCCN1CCCCC1. The standard InChI is InChI=1S/C20H40N2O/c1-2-3-4-5-6-7-8-9-10-12-15-20(23)21-16-19-22-17-13-11-14-18-22/h2-19H2,1H3,(H,21,23). The molecule has 1 N–H and O–H groups in total.